The Bertz CT molecular complexity index is 649. The van der Waals surface area contributed by atoms with Crippen LogP contribution < -0.4 is 5.73 Å². The molecule has 1 fully saturated rings. The van der Waals surface area contributed by atoms with Crippen molar-refractivity contribution in [3.63, 3.8) is 0 Å². The van der Waals surface area contributed by atoms with Crippen molar-refractivity contribution in [2.45, 2.75) is 77.7 Å². The summed E-state index contributed by atoms with van der Waals surface area (Å²) in [6.45, 7) is 4.45. The van der Waals surface area contributed by atoms with Gasteiger partial charge in [-0.15, -0.1) is 0 Å². The number of nitrogens with two attached hydrogens (primary N) is 1. The number of carboxylic acid groups (broad SMARTS) is 1. The fourth-order valence-electron chi connectivity index (χ4n) is 3.81. The van der Waals surface area contributed by atoms with Crippen LogP contribution in [0.4, 0.5) is 0 Å². The second-order valence-corrected chi connectivity index (χ2v) is 8.27. The molecule has 0 spiro atoms. The van der Waals surface area contributed by atoms with Crippen LogP contribution in [-0.4, -0.2) is 17.1 Å². The summed E-state index contributed by atoms with van der Waals surface area (Å²) in [6, 6.07) is 9.23. The summed E-state index contributed by atoms with van der Waals surface area (Å²) >= 11 is 0. The molecule has 148 valence electrons. The van der Waals surface area contributed by atoms with E-state index in [0.717, 1.165) is 31.3 Å². The largest absolute Gasteiger partial charge is 0.478 e. The van der Waals surface area contributed by atoms with Gasteiger partial charge in [-0.3, -0.25) is 0 Å². The normalized spacial score (nSPS) is 19.4. The molecule has 3 rings (SSSR count). The maximum atomic E-state index is 10.8. The van der Waals surface area contributed by atoms with Crippen molar-refractivity contribution in [1.82, 2.24) is 0 Å². The zero-order valence-corrected chi connectivity index (χ0v) is 16.9. The smallest absolute Gasteiger partial charge is 0.328 e. The van der Waals surface area contributed by atoms with Gasteiger partial charge in [-0.2, -0.15) is 0 Å². The zero-order valence-electron chi connectivity index (χ0n) is 16.9. The van der Waals surface area contributed by atoms with Crippen LogP contribution in [0.25, 0.3) is 5.57 Å². The van der Waals surface area contributed by atoms with E-state index in [1.807, 2.05) is 6.08 Å². The van der Waals surface area contributed by atoms with Crippen LogP contribution in [0.2, 0.25) is 0 Å². The van der Waals surface area contributed by atoms with Gasteiger partial charge in [-0.05, 0) is 66.7 Å². The number of carboxylic acids is 1. The maximum absolute atomic E-state index is 10.8. The Kier molecular flexibility index (Phi) is 8.80. The summed E-state index contributed by atoms with van der Waals surface area (Å²) in [7, 11) is 0. The molecule has 0 radical (unpaired) electrons. The molecular weight excluding hydrogens is 334 g/mol. The van der Waals surface area contributed by atoms with Gasteiger partial charge in [0.25, 0.3) is 0 Å². The Morgan fingerprint density at radius 1 is 1.11 bits per heavy atom. The quantitative estimate of drug-likeness (QED) is 0.665. The number of carbonyl (C=O) groups is 1. The van der Waals surface area contributed by atoms with Crippen molar-refractivity contribution in [2.24, 2.45) is 11.7 Å². The predicted molar refractivity (Wildman–Crippen MR) is 114 cm³/mol. The van der Waals surface area contributed by atoms with Crippen molar-refractivity contribution in [3.8, 4) is 0 Å². The first-order valence-electron chi connectivity index (χ1n) is 10.4. The molecule has 0 bridgehead atoms. The van der Waals surface area contributed by atoms with Crippen molar-refractivity contribution in [1.29, 1.82) is 0 Å². The van der Waals surface area contributed by atoms with Crippen molar-refractivity contribution < 1.29 is 9.90 Å². The fourth-order valence-corrected chi connectivity index (χ4v) is 3.81. The van der Waals surface area contributed by atoms with Crippen molar-refractivity contribution >= 4 is 11.5 Å². The first kappa shape index (κ1) is 21.4. The van der Waals surface area contributed by atoms with Crippen LogP contribution in [0.15, 0.2) is 42.0 Å². The highest BCUT2D eigenvalue weighted by molar-refractivity contribution is 5.82. The number of benzene rings is 1. The van der Waals surface area contributed by atoms with Gasteiger partial charge in [0, 0.05) is 12.1 Å². The van der Waals surface area contributed by atoms with Gasteiger partial charge in [0.1, 0.15) is 0 Å². The third-order valence-corrected chi connectivity index (χ3v) is 5.20. The minimum atomic E-state index is -0.857. The van der Waals surface area contributed by atoms with Gasteiger partial charge >= 0.3 is 5.97 Å². The molecule has 1 saturated carbocycles. The molecule has 0 unspecified atom stereocenters. The fraction of sp³-hybridized carbons (Fsp3) is 0.542. The molecule has 0 heterocycles. The Morgan fingerprint density at radius 2 is 1.78 bits per heavy atom. The second kappa shape index (κ2) is 11.1. The van der Waals surface area contributed by atoms with Crippen LogP contribution >= 0.6 is 0 Å². The maximum Gasteiger partial charge on any atom is 0.328 e. The first-order chi connectivity index (χ1) is 12.9. The standard InChI is InChI=1S/C18H22O2.C6H13N/c1-13(2)10-14-6-8-16(9-7-14)17-5-3-4-15(11-17)12-18(19)20;7-6-4-2-1-3-5-6/h6-9,11-13H,3-5,10H2,1-2H3,(H,19,20);6H,1-5,7H2/b15-12+;. The van der Waals surface area contributed by atoms with Crippen molar-refractivity contribution in [3.05, 3.63) is 53.1 Å². The molecule has 27 heavy (non-hydrogen) atoms. The van der Waals surface area contributed by atoms with E-state index in [1.165, 1.54) is 54.9 Å². The third-order valence-electron chi connectivity index (χ3n) is 5.20. The number of rotatable bonds is 4. The zero-order chi connectivity index (χ0) is 19.6. The Labute approximate surface area is 164 Å². The van der Waals surface area contributed by atoms with Gasteiger partial charge in [-0.1, -0.05) is 63.5 Å². The van der Waals surface area contributed by atoms with E-state index in [2.05, 4.69) is 38.1 Å². The molecule has 0 aromatic heterocycles. The lowest BCUT2D eigenvalue weighted by Crippen LogP contribution is -2.22. The third kappa shape index (κ3) is 8.13. The molecule has 0 amide bonds. The molecule has 1 aromatic rings. The lowest BCUT2D eigenvalue weighted by atomic mass is 9.89. The van der Waals surface area contributed by atoms with Crippen LogP contribution in [0.3, 0.4) is 0 Å². The van der Waals surface area contributed by atoms with Gasteiger partial charge < -0.3 is 10.8 Å². The number of hydrogen-bond acceptors (Lipinski definition) is 2. The number of aliphatic carboxylic acids is 1. The molecule has 0 saturated heterocycles. The van der Waals surface area contributed by atoms with E-state index in [0.29, 0.717) is 12.0 Å². The van der Waals surface area contributed by atoms with E-state index < -0.39 is 5.97 Å². The highest BCUT2D eigenvalue weighted by Crippen LogP contribution is 2.29. The summed E-state index contributed by atoms with van der Waals surface area (Å²) in [6.07, 6.45) is 14.0. The Balaban J connectivity index is 0.000000313. The van der Waals surface area contributed by atoms with E-state index in [-0.39, 0.29) is 0 Å². The lowest BCUT2D eigenvalue weighted by Gasteiger charge is -2.16. The van der Waals surface area contributed by atoms with E-state index in [4.69, 9.17) is 10.8 Å². The molecule has 2 aliphatic rings. The predicted octanol–water partition coefficient (Wildman–Crippen LogP) is 5.74. The number of allylic oxidation sites excluding steroid dienone is 3. The highest BCUT2D eigenvalue weighted by Gasteiger charge is 2.11. The molecule has 0 atom stereocenters. The summed E-state index contributed by atoms with van der Waals surface area (Å²) in [5, 5.41) is 8.84. The first-order valence-corrected chi connectivity index (χ1v) is 10.4. The topological polar surface area (TPSA) is 63.3 Å². The summed E-state index contributed by atoms with van der Waals surface area (Å²) in [4.78, 5) is 10.8. The summed E-state index contributed by atoms with van der Waals surface area (Å²) in [5.74, 6) is -0.190. The molecule has 3 heteroatoms. The second-order valence-electron chi connectivity index (χ2n) is 8.27. The molecule has 0 aliphatic heterocycles. The van der Waals surface area contributed by atoms with Crippen LogP contribution in [-0.2, 0) is 11.2 Å². The van der Waals surface area contributed by atoms with Gasteiger partial charge in [0.05, 0.1) is 0 Å². The van der Waals surface area contributed by atoms with Crippen LogP contribution in [0, 0.1) is 5.92 Å². The highest BCUT2D eigenvalue weighted by atomic mass is 16.4. The minimum Gasteiger partial charge on any atom is -0.478 e. The molecule has 3 nitrogen and oxygen atoms in total. The molecule has 3 N–H and O–H groups in total. The van der Waals surface area contributed by atoms with Crippen molar-refractivity contribution in [2.75, 3.05) is 0 Å². The van der Waals surface area contributed by atoms with Crippen LogP contribution in [0.5, 0.6) is 0 Å². The lowest BCUT2D eigenvalue weighted by molar-refractivity contribution is -0.131. The van der Waals surface area contributed by atoms with Gasteiger partial charge in [0.2, 0.25) is 0 Å². The van der Waals surface area contributed by atoms with E-state index >= 15 is 0 Å². The van der Waals surface area contributed by atoms with Gasteiger partial charge in [-0.25, -0.2) is 4.79 Å². The Hall–Kier alpha value is -1.87. The monoisotopic (exact) mass is 369 g/mol. The SMILES string of the molecule is CC(C)Cc1ccc(C2=C/C(=C/C(=O)O)CCC2)cc1.NC1CCCCC1. The number of hydrogen-bond donors (Lipinski definition) is 2. The Morgan fingerprint density at radius 3 is 2.30 bits per heavy atom. The molecule has 1 aromatic carbocycles. The minimum absolute atomic E-state index is 0.536. The molecule has 2 aliphatic carbocycles. The average molecular weight is 370 g/mol. The van der Waals surface area contributed by atoms with E-state index in [9.17, 15) is 4.79 Å². The van der Waals surface area contributed by atoms with Gasteiger partial charge in [0.15, 0.2) is 0 Å². The average Bonchev–Trinajstić information content (AvgIpc) is 2.63. The van der Waals surface area contributed by atoms with Crippen LogP contribution in [0.1, 0.15) is 76.3 Å². The van der Waals surface area contributed by atoms with E-state index in [1.54, 1.807) is 0 Å². The summed E-state index contributed by atoms with van der Waals surface area (Å²) in [5.41, 5.74) is 10.4. The summed E-state index contributed by atoms with van der Waals surface area (Å²) < 4.78 is 0. The molecular formula is C24H35NO2.